The normalized spacial score (nSPS) is 11.4. The first-order valence-corrected chi connectivity index (χ1v) is 15.7. The number of fused-ring (bicyclic) bond motifs is 4. The summed E-state index contributed by atoms with van der Waals surface area (Å²) in [5.74, 6) is 1.84. The summed E-state index contributed by atoms with van der Waals surface area (Å²) in [6.07, 6.45) is 0. The third kappa shape index (κ3) is 4.93. The van der Waals surface area contributed by atoms with Gasteiger partial charge >= 0.3 is 0 Å². The van der Waals surface area contributed by atoms with Crippen LogP contribution in [0.3, 0.4) is 0 Å². The molecule has 0 atom stereocenters. The smallest absolute Gasteiger partial charge is 0.164 e. The molecule has 0 radical (unpaired) electrons. The summed E-state index contributed by atoms with van der Waals surface area (Å²) >= 11 is 0. The van der Waals surface area contributed by atoms with Crippen molar-refractivity contribution in [1.82, 2.24) is 15.0 Å². The summed E-state index contributed by atoms with van der Waals surface area (Å²) in [7, 11) is 0. The van der Waals surface area contributed by atoms with Gasteiger partial charge in [0.05, 0.1) is 0 Å². The predicted molar refractivity (Wildman–Crippen MR) is 192 cm³/mol. The molecular formula is C43H27N3O. The zero-order chi connectivity index (χ0) is 31.2. The average Bonchev–Trinajstić information content (AvgIpc) is 3.54. The van der Waals surface area contributed by atoms with Crippen LogP contribution >= 0.6 is 0 Å². The molecule has 220 valence electrons. The second-order valence-electron chi connectivity index (χ2n) is 11.7. The fourth-order valence-corrected chi connectivity index (χ4v) is 6.36. The zero-order valence-corrected chi connectivity index (χ0v) is 25.3. The Morgan fingerprint density at radius 3 is 1.79 bits per heavy atom. The van der Waals surface area contributed by atoms with Crippen molar-refractivity contribution in [2.24, 2.45) is 0 Å². The van der Waals surface area contributed by atoms with E-state index in [2.05, 4.69) is 127 Å². The molecule has 2 aromatic heterocycles. The minimum absolute atomic E-state index is 0.603. The molecule has 2 heterocycles. The molecule has 9 rings (SSSR count). The van der Waals surface area contributed by atoms with Gasteiger partial charge in [-0.15, -0.1) is 0 Å². The van der Waals surface area contributed by atoms with E-state index >= 15 is 0 Å². The third-order valence-corrected chi connectivity index (χ3v) is 8.73. The monoisotopic (exact) mass is 601 g/mol. The lowest BCUT2D eigenvalue weighted by molar-refractivity contribution is 0.669. The van der Waals surface area contributed by atoms with Crippen LogP contribution in [0.15, 0.2) is 168 Å². The van der Waals surface area contributed by atoms with Crippen LogP contribution in [-0.2, 0) is 0 Å². The van der Waals surface area contributed by atoms with Crippen LogP contribution in [0.1, 0.15) is 0 Å². The number of nitrogens with zero attached hydrogens (tertiary/aromatic N) is 3. The molecule has 9 aromatic rings. The quantitative estimate of drug-likeness (QED) is 0.197. The second-order valence-corrected chi connectivity index (χ2v) is 11.7. The van der Waals surface area contributed by atoms with E-state index in [1.807, 2.05) is 36.4 Å². The SMILES string of the molecule is c1ccc(-c2cccc(-c3nc(-c4ccc(-c5ccc6ccccc6c5)cc4)nc(-c4cccc5oc6ccccc6c45)n3)c2)cc1. The lowest BCUT2D eigenvalue weighted by Crippen LogP contribution is -2.00. The Labute approximate surface area is 271 Å². The lowest BCUT2D eigenvalue weighted by Gasteiger charge is -2.11. The number of furan rings is 1. The van der Waals surface area contributed by atoms with Crippen LogP contribution < -0.4 is 0 Å². The molecule has 0 aliphatic rings. The minimum Gasteiger partial charge on any atom is -0.456 e. The maximum atomic E-state index is 6.22. The molecule has 0 aliphatic heterocycles. The Morgan fingerprint density at radius 1 is 0.340 bits per heavy atom. The molecule has 0 fully saturated rings. The van der Waals surface area contributed by atoms with E-state index < -0.39 is 0 Å². The van der Waals surface area contributed by atoms with Crippen LogP contribution in [-0.4, -0.2) is 15.0 Å². The molecule has 7 aromatic carbocycles. The summed E-state index contributed by atoms with van der Waals surface area (Å²) in [6.45, 7) is 0. The van der Waals surface area contributed by atoms with E-state index in [0.29, 0.717) is 17.5 Å². The van der Waals surface area contributed by atoms with Crippen molar-refractivity contribution in [1.29, 1.82) is 0 Å². The summed E-state index contributed by atoms with van der Waals surface area (Å²) < 4.78 is 6.22. The Hall–Kier alpha value is -6.39. The average molecular weight is 602 g/mol. The largest absolute Gasteiger partial charge is 0.456 e. The molecular weight excluding hydrogens is 574 g/mol. The fraction of sp³-hybridized carbons (Fsp3) is 0. The maximum Gasteiger partial charge on any atom is 0.164 e. The number of para-hydroxylation sites is 1. The third-order valence-electron chi connectivity index (χ3n) is 8.73. The van der Waals surface area contributed by atoms with E-state index in [1.54, 1.807) is 0 Å². The Kier molecular flexibility index (Phi) is 6.43. The number of rotatable bonds is 5. The predicted octanol–water partition coefficient (Wildman–Crippen LogP) is 11.3. The van der Waals surface area contributed by atoms with Crippen molar-refractivity contribution in [2.75, 3.05) is 0 Å². The van der Waals surface area contributed by atoms with Crippen molar-refractivity contribution in [3.05, 3.63) is 164 Å². The molecule has 0 saturated heterocycles. The molecule has 0 N–H and O–H groups in total. The molecule has 0 unspecified atom stereocenters. The van der Waals surface area contributed by atoms with E-state index in [1.165, 1.54) is 16.3 Å². The lowest BCUT2D eigenvalue weighted by atomic mass is 10.00. The molecule has 47 heavy (non-hydrogen) atoms. The Morgan fingerprint density at radius 2 is 0.915 bits per heavy atom. The fourth-order valence-electron chi connectivity index (χ4n) is 6.36. The van der Waals surface area contributed by atoms with Gasteiger partial charge in [-0.3, -0.25) is 0 Å². The first-order chi connectivity index (χ1) is 23.3. The number of hydrogen-bond donors (Lipinski definition) is 0. The molecule has 0 spiro atoms. The van der Waals surface area contributed by atoms with E-state index in [0.717, 1.165) is 55.3 Å². The summed E-state index contributed by atoms with van der Waals surface area (Å²) in [6, 6.07) is 56.4. The van der Waals surface area contributed by atoms with Crippen molar-refractivity contribution in [3.63, 3.8) is 0 Å². The topological polar surface area (TPSA) is 51.8 Å². The van der Waals surface area contributed by atoms with Gasteiger partial charge in [-0.25, -0.2) is 15.0 Å². The first-order valence-electron chi connectivity index (χ1n) is 15.7. The van der Waals surface area contributed by atoms with Gasteiger partial charge in [0.2, 0.25) is 0 Å². The van der Waals surface area contributed by atoms with Crippen LogP contribution in [0.5, 0.6) is 0 Å². The standard InChI is InChI=1S/C43H27N3O/c1-2-10-28(11-3-1)33-14-8-15-35(27-33)42-44-41(31-23-20-30(21-24-31)34-25-22-29-12-4-5-13-32(29)26-34)45-43(46-42)37-17-9-19-39-40(37)36-16-6-7-18-38(36)47-39/h1-27H. The van der Waals surface area contributed by atoms with Gasteiger partial charge in [0, 0.05) is 27.5 Å². The highest BCUT2D eigenvalue weighted by atomic mass is 16.3. The molecule has 4 heteroatoms. The van der Waals surface area contributed by atoms with Gasteiger partial charge in [-0.2, -0.15) is 0 Å². The molecule has 4 nitrogen and oxygen atoms in total. The van der Waals surface area contributed by atoms with E-state index in [9.17, 15) is 0 Å². The van der Waals surface area contributed by atoms with Gasteiger partial charge in [0.25, 0.3) is 0 Å². The Balaban J connectivity index is 1.20. The highest BCUT2D eigenvalue weighted by Crippen LogP contribution is 2.37. The number of benzene rings is 7. The van der Waals surface area contributed by atoms with Crippen LogP contribution in [0, 0.1) is 0 Å². The second kappa shape index (κ2) is 11.2. The van der Waals surface area contributed by atoms with Crippen molar-refractivity contribution in [2.45, 2.75) is 0 Å². The van der Waals surface area contributed by atoms with Crippen LogP contribution in [0.25, 0.3) is 89.1 Å². The molecule has 0 saturated carbocycles. The zero-order valence-electron chi connectivity index (χ0n) is 25.3. The number of aromatic nitrogens is 3. The first kappa shape index (κ1) is 27.0. The summed E-state index contributed by atoms with van der Waals surface area (Å²) in [4.78, 5) is 15.3. The Bertz CT molecular complexity index is 2570. The summed E-state index contributed by atoms with van der Waals surface area (Å²) in [5.41, 5.74) is 8.95. The van der Waals surface area contributed by atoms with Crippen LogP contribution in [0.2, 0.25) is 0 Å². The molecule has 0 amide bonds. The van der Waals surface area contributed by atoms with Crippen molar-refractivity contribution >= 4 is 32.7 Å². The van der Waals surface area contributed by atoms with Gasteiger partial charge < -0.3 is 4.42 Å². The molecule has 0 bridgehead atoms. The maximum absolute atomic E-state index is 6.22. The number of hydrogen-bond acceptors (Lipinski definition) is 4. The highest BCUT2D eigenvalue weighted by Gasteiger charge is 2.18. The van der Waals surface area contributed by atoms with Gasteiger partial charge in [-0.1, -0.05) is 140 Å². The van der Waals surface area contributed by atoms with Crippen molar-refractivity contribution in [3.8, 4) is 56.4 Å². The van der Waals surface area contributed by atoms with Crippen LogP contribution in [0.4, 0.5) is 0 Å². The van der Waals surface area contributed by atoms with Gasteiger partial charge in [-0.05, 0) is 57.3 Å². The summed E-state index contributed by atoms with van der Waals surface area (Å²) in [5, 5.41) is 4.48. The van der Waals surface area contributed by atoms with Gasteiger partial charge in [0.15, 0.2) is 17.5 Å². The van der Waals surface area contributed by atoms with Crippen molar-refractivity contribution < 1.29 is 4.42 Å². The van der Waals surface area contributed by atoms with E-state index in [-0.39, 0.29) is 0 Å². The molecule has 0 aliphatic carbocycles. The highest BCUT2D eigenvalue weighted by molar-refractivity contribution is 6.11. The minimum atomic E-state index is 0.603. The van der Waals surface area contributed by atoms with E-state index in [4.69, 9.17) is 19.4 Å². The van der Waals surface area contributed by atoms with Gasteiger partial charge in [0.1, 0.15) is 11.2 Å².